The quantitative estimate of drug-likeness (QED) is 0.227. The zero-order valence-corrected chi connectivity index (χ0v) is 20.5. The molecule has 0 unspecified atom stereocenters. The molecule has 0 fully saturated rings. The van der Waals surface area contributed by atoms with E-state index in [1.165, 1.54) is 6.07 Å². The van der Waals surface area contributed by atoms with E-state index in [1.807, 2.05) is 27.7 Å². The van der Waals surface area contributed by atoms with Crippen molar-refractivity contribution in [3.8, 4) is 11.5 Å². The van der Waals surface area contributed by atoms with E-state index in [2.05, 4.69) is 25.7 Å². The number of carbonyl (C=O) groups is 1. The van der Waals surface area contributed by atoms with Gasteiger partial charge in [0.1, 0.15) is 11.5 Å². The fourth-order valence-corrected chi connectivity index (χ4v) is 2.41. The Morgan fingerprint density at radius 2 is 1.93 bits per heavy atom. The number of nitrogens with one attached hydrogen (secondary N) is 3. The van der Waals surface area contributed by atoms with Crippen molar-refractivity contribution >= 4 is 35.8 Å². The minimum atomic E-state index is -2.95. The van der Waals surface area contributed by atoms with Crippen molar-refractivity contribution in [2.24, 2.45) is 10.4 Å². The first kappa shape index (κ1) is 28.1. The Labute approximate surface area is 194 Å². The molecule has 0 bridgehead atoms. The van der Waals surface area contributed by atoms with Crippen molar-refractivity contribution in [1.29, 1.82) is 0 Å². The van der Waals surface area contributed by atoms with E-state index in [-0.39, 0.29) is 42.2 Å². The van der Waals surface area contributed by atoms with E-state index in [0.717, 1.165) is 6.42 Å². The number of amides is 1. The van der Waals surface area contributed by atoms with Gasteiger partial charge in [-0.25, -0.2) is 4.99 Å². The van der Waals surface area contributed by atoms with Crippen molar-refractivity contribution in [1.82, 2.24) is 16.0 Å². The SMILES string of the molecule is CCCOc1ccc(CN=C(NCC)NCC(C)(C)C(=O)NC)c(OC(F)F)c1.I. The molecule has 10 heteroatoms. The van der Waals surface area contributed by atoms with Gasteiger partial charge in [-0.2, -0.15) is 8.78 Å². The molecule has 0 radical (unpaired) electrons. The second-order valence-electron chi connectivity index (χ2n) is 7.01. The van der Waals surface area contributed by atoms with Gasteiger partial charge in [-0.1, -0.05) is 6.92 Å². The van der Waals surface area contributed by atoms with Crippen LogP contribution >= 0.6 is 24.0 Å². The molecule has 1 amide bonds. The van der Waals surface area contributed by atoms with Gasteiger partial charge >= 0.3 is 6.61 Å². The molecule has 0 aromatic heterocycles. The van der Waals surface area contributed by atoms with Crippen LogP contribution in [0.15, 0.2) is 23.2 Å². The predicted molar refractivity (Wildman–Crippen MR) is 125 cm³/mol. The Kier molecular flexibility index (Phi) is 13.3. The number of hydrogen-bond acceptors (Lipinski definition) is 4. The standard InChI is InChI=1S/C20H32F2N4O3.HI/c1-6-10-28-15-9-8-14(16(11-15)29-18(21)22)12-25-19(24-7-2)26-13-20(3,4)17(27)23-5;/h8-9,11,18H,6-7,10,12-13H2,1-5H3,(H,23,27)(H2,24,25,26);1H. The third-order valence-corrected chi connectivity index (χ3v) is 4.02. The Morgan fingerprint density at radius 1 is 1.23 bits per heavy atom. The van der Waals surface area contributed by atoms with Crippen LogP contribution < -0.4 is 25.4 Å². The van der Waals surface area contributed by atoms with Crippen LogP contribution in [0.4, 0.5) is 8.78 Å². The maximum Gasteiger partial charge on any atom is 0.387 e. The summed E-state index contributed by atoms with van der Waals surface area (Å²) >= 11 is 0. The highest BCUT2D eigenvalue weighted by Crippen LogP contribution is 2.27. The molecule has 0 spiro atoms. The van der Waals surface area contributed by atoms with Gasteiger partial charge in [-0.05, 0) is 39.3 Å². The van der Waals surface area contributed by atoms with E-state index in [9.17, 15) is 13.6 Å². The molecule has 1 aromatic carbocycles. The lowest BCUT2D eigenvalue weighted by Crippen LogP contribution is -2.47. The molecule has 0 aliphatic carbocycles. The minimum absolute atomic E-state index is 0. The Morgan fingerprint density at radius 3 is 2.50 bits per heavy atom. The van der Waals surface area contributed by atoms with Gasteiger partial charge in [-0.3, -0.25) is 4.79 Å². The van der Waals surface area contributed by atoms with Crippen LogP contribution in [-0.4, -0.2) is 45.2 Å². The van der Waals surface area contributed by atoms with Crippen molar-refractivity contribution in [2.45, 2.75) is 47.3 Å². The van der Waals surface area contributed by atoms with E-state index < -0.39 is 12.0 Å². The van der Waals surface area contributed by atoms with Crippen LogP contribution in [0.2, 0.25) is 0 Å². The van der Waals surface area contributed by atoms with Crippen molar-refractivity contribution < 1.29 is 23.0 Å². The average molecular weight is 542 g/mol. The zero-order valence-electron chi connectivity index (χ0n) is 18.2. The van der Waals surface area contributed by atoms with Gasteiger partial charge in [0.25, 0.3) is 0 Å². The number of guanidine groups is 1. The molecule has 0 aliphatic rings. The molecule has 172 valence electrons. The van der Waals surface area contributed by atoms with Crippen LogP contribution in [0, 0.1) is 5.41 Å². The number of alkyl halides is 2. The summed E-state index contributed by atoms with van der Waals surface area (Å²) < 4.78 is 35.7. The molecule has 30 heavy (non-hydrogen) atoms. The molecule has 0 aliphatic heterocycles. The van der Waals surface area contributed by atoms with Crippen LogP contribution in [-0.2, 0) is 11.3 Å². The van der Waals surface area contributed by atoms with Gasteiger partial charge in [0.05, 0.1) is 18.6 Å². The first-order valence-corrected chi connectivity index (χ1v) is 9.68. The fraction of sp³-hybridized carbons (Fsp3) is 0.600. The van der Waals surface area contributed by atoms with Crippen LogP contribution in [0.25, 0.3) is 0 Å². The van der Waals surface area contributed by atoms with Gasteiger partial charge in [0.2, 0.25) is 5.91 Å². The highest BCUT2D eigenvalue weighted by Gasteiger charge is 2.26. The smallest absolute Gasteiger partial charge is 0.387 e. The lowest BCUT2D eigenvalue weighted by Gasteiger charge is -2.24. The number of rotatable bonds is 11. The monoisotopic (exact) mass is 542 g/mol. The molecule has 0 heterocycles. The Bertz CT molecular complexity index is 688. The molecule has 0 atom stereocenters. The van der Waals surface area contributed by atoms with Crippen molar-refractivity contribution in [2.75, 3.05) is 26.7 Å². The summed E-state index contributed by atoms with van der Waals surface area (Å²) in [4.78, 5) is 16.4. The van der Waals surface area contributed by atoms with Gasteiger partial charge in [-0.15, -0.1) is 24.0 Å². The number of carbonyl (C=O) groups excluding carboxylic acids is 1. The number of hydrogen-bond donors (Lipinski definition) is 3. The predicted octanol–water partition coefficient (Wildman–Crippen LogP) is 3.52. The fourth-order valence-electron chi connectivity index (χ4n) is 2.41. The summed E-state index contributed by atoms with van der Waals surface area (Å²) in [7, 11) is 1.59. The van der Waals surface area contributed by atoms with Gasteiger partial charge < -0.3 is 25.4 Å². The maximum absolute atomic E-state index is 12.8. The molecule has 1 aromatic rings. The highest BCUT2D eigenvalue weighted by atomic mass is 127. The molecular formula is C20H33F2IN4O3. The molecule has 7 nitrogen and oxygen atoms in total. The summed E-state index contributed by atoms with van der Waals surface area (Å²) in [6.07, 6.45) is 0.807. The summed E-state index contributed by atoms with van der Waals surface area (Å²) in [5, 5.41) is 8.81. The van der Waals surface area contributed by atoms with Crippen molar-refractivity contribution in [3.63, 3.8) is 0 Å². The number of ether oxygens (including phenoxy) is 2. The number of nitrogens with zero attached hydrogens (tertiary/aromatic N) is 1. The highest BCUT2D eigenvalue weighted by molar-refractivity contribution is 14.0. The topological polar surface area (TPSA) is 84.0 Å². The van der Waals surface area contributed by atoms with Crippen molar-refractivity contribution in [3.05, 3.63) is 23.8 Å². The Balaban J connectivity index is 0.00000841. The van der Waals surface area contributed by atoms with Gasteiger partial charge in [0, 0.05) is 31.8 Å². The molecule has 1 rings (SSSR count). The molecule has 0 saturated carbocycles. The lowest BCUT2D eigenvalue weighted by molar-refractivity contribution is -0.128. The van der Waals surface area contributed by atoms with E-state index >= 15 is 0 Å². The summed E-state index contributed by atoms with van der Waals surface area (Å²) in [5.41, 5.74) is -0.149. The second-order valence-corrected chi connectivity index (χ2v) is 7.01. The summed E-state index contributed by atoms with van der Waals surface area (Å²) in [5.74, 6) is 0.862. The van der Waals surface area contributed by atoms with Gasteiger partial charge in [0.15, 0.2) is 5.96 Å². The van der Waals surface area contributed by atoms with Crippen LogP contribution in [0.5, 0.6) is 11.5 Å². The number of aliphatic imine (C=N–C) groups is 1. The summed E-state index contributed by atoms with van der Waals surface area (Å²) in [6, 6.07) is 4.81. The number of halogens is 3. The van der Waals surface area contributed by atoms with E-state index in [0.29, 0.717) is 37.0 Å². The van der Waals surface area contributed by atoms with Crippen LogP contribution in [0.3, 0.4) is 0 Å². The average Bonchev–Trinajstić information content (AvgIpc) is 2.68. The molecular weight excluding hydrogens is 509 g/mol. The molecule has 0 saturated heterocycles. The van der Waals surface area contributed by atoms with E-state index in [4.69, 9.17) is 4.74 Å². The number of benzene rings is 1. The first-order chi connectivity index (χ1) is 13.7. The summed E-state index contributed by atoms with van der Waals surface area (Å²) in [6.45, 7) is 6.11. The Hall–Kier alpha value is -1.85. The molecule has 3 N–H and O–H groups in total. The normalized spacial score (nSPS) is 11.5. The minimum Gasteiger partial charge on any atom is -0.493 e. The van der Waals surface area contributed by atoms with Crippen LogP contribution in [0.1, 0.15) is 39.7 Å². The first-order valence-electron chi connectivity index (χ1n) is 9.68. The maximum atomic E-state index is 12.8. The zero-order chi connectivity index (χ0) is 21.9. The largest absolute Gasteiger partial charge is 0.493 e. The second kappa shape index (κ2) is 14.2. The third-order valence-electron chi connectivity index (χ3n) is 4.02. The van der Waals surface area contributed by atoms with E-state index in [1.54, 1.807) is 19.2 Å². The third kappa shape index (κ3) is 9.77. The lowest BCUT2D eigenvalue weighted by atomic mass is 9.92.